The average molecular weight is 331 g/mol. The third-order valence-corrected chi connectivity index (χ3v) is 4.27. The van der Waals surface area contributed by atoms with Crippen LogP contribution in [0.4, 0.5) is 5.69 Å². The molecule has 0 bridgehead atoms. The molecule has 1 aliphatic rings. The van der Waals surface area contributed by atoms with E-state index in [9.17, 15) is 0 Å². The number of nitrogens with one attached hydrogen (secondary N) is 1. The Morgan fingerprint density at radius 3 is 2.00 bits per heavy atom. The summed E-state index contributed by atoms with van der Waals surface area (Å²) in [6.45, 7) is 4.37. The molecule has 0 spiro atoms. The molecule has 104 valence electrons. The molecule has 1 heterocycles. The van der Waals surface area contributed by atoms with Crippen molar-refractivity contribution in [2.24, 2.45) is 0 Å². The van der Waals surface area contributed by atoms with Gasteiger partial charge in [-0.15, -0.1) is 0 Å². The molecule has 2 aromatic carbocycles. The van der Waals surface area contributed by atoms with Gasteiger partial charge in [0.15, 0.2) is 0 Å². The monoisotopic (exact) mass is 330 g/mol. The number of anilines is 1. The van der Waals surface area contributed by atoms with Gasteiger partial charge >= 0.3 is 0 Å². The lowest BCUT2D eigenvalue weighted by atomic mass is 10.0. The molecule has 3 heteroatoms. The van der Waals surface area contributed by atoms with Crippen LogP contribution in [0, 0.1) is 0 Å². The molecule has 1 N–H and O–H groups in total. The molecule has 0 saturated carbocycles. The summed E-state index contributed by atoms with van der Waals surface area (Å²) < 4.78 is 1.13. The first-order chi connectivity index (χ1) is 9.81. The zero-order valence-electron chi connectivity index (χ0n) is 11.5. The third kappa shape index (κ3) is 3.41. The smallest absolute Gasteiger partial charge is 0.0367 e. The first kappa shape index (κ1) is 13.7. The largest absolute Gasteiger partial charge is 0.369 e. The number of nitrogens with zero attached hydrogens (tertiary/aromatic N) is 1. The summed E-state index contributed by atoms with van der Waals surface area (Å²) >= 11 is 3.47. The van der Waals surface area contributed by atoms with Crippen molar-refractivity contribution in [2.75, 3.05) is 31.1 Å². The number of piperazine rings is 1. The second-order valence-electron chi connectivity index (χ2n) is 5.21. The maximum Gasteiger partial charge on any atom is 0.0367 e. The van der Waals surface area contributed by atoms with Crippen LogP contribution in [0.25, 0.3) is 0 Å². The highest BCUT2D eigenvalue weighted by molar-refractivity contribution is 9.10. The van der Waals surface area contributed by atoms with Crippen LogP contribution in [0.1, 0.15) is 11.1 Å². The molecule has 0 aliphatic carbocycles. The fraction of sp³-hybridized carbons (Fsp3) is 0.294. The van der Waals surface area contributed by atoms with Crippen molar-refractivity contribution in [3.05, 3.63) is 64.1 Å². The van der Waals surface area contributed by atoms with Crippen molar-refractivity contribution in [3.8, 4) is 0 Å². The van der Waals surface area contributed by atoms with Crippen molar-refractivity contribution in [1.82, 2.24) is 5.32 Å². The van der Waals surface area contributed by atoms with Gasteiger partial charge in [0.1, 0.15) is 0 Å². The summed E-state index contributed by atoms with van der Waals surface area (Å²) in [5, 5.41) is 3.39. The fourth-order valence-corrected chi connectivity index (χ4v) is 2.85. The standard InChI is InChI=1S/C17H19BrN2/c18-16-5-1-14(2-6-16)13-15-3-7-17(8-4-15)20-11-9-19-10-12-20/h1-8,19H,9-13H2. The molecular weight excluding hydrogens is 312 g/mol. The molecule has 2 aromatic rings. The Balaban J connectivity index is 1.67. The number of hydrogen-bond acceptors (Lipinski definition) is 2. The molecule has 3 rings (SSSR count). The minimum absolute atomic E-state index is 0.995. The maximum absolute atomic E-state index is 3.47. The van der Waals surface area contributed by atoms with Gasteiger partial charge in [0, 0.05) is 36.3 Å². The topological polar surface area (TPSA) is 15.3 Å². The van der Waals surface area contributed by atoms with Gasteiger partial charge in [0.05, 0.1) is 0 Å². The second-order valence-corrected chi connectivity index (χ2v) is 6.12. The van der Waals surface area contributed by atoms with Gasteiger partial charge < -0.3 is 10.2 Å². The first-order valence-electron chi connectivity index (χ1n) is 7.10. The zero-order valence-corrected chi connectivity index (χ0v) is 13.1. The average Bonchev–Trinajstić information content (AvgIpc) is 2.51. The normalized spacial score (nSPS) is 15.3. The highest BCUT2D eigenvalue weighted by atomic mass is 79.9. The lowest BCUT2D eigenvalue weighted by Crippen LogP contribution is -2.43. The minimum Gasteiger partial charge on any atom is -0.369 e. The first-order valence-corrected chi connectivity index (χ1v) is 7.89. The lowest BCUT2D eigenvalue weighted by molar-refractivity contribution is 0.589. The maximum atomic E-state index is 3.47. The van der Waals surface area contributed by atoms with Gasteiger partial charge in [-0.2, -0.15) is 0 Å². The lowest BCUT2D eigenvalue weighted by Gasteiger charge is -2.29. The van der Waals surface area contributed by atoms with E-state index in [1.54, 1.807) is 0 Å². The Morgan fingerprint density at radius 1 is 0.850 bits per heavy atom. The van der Waals surface area contributed by atoms with E-state index in [2.05, 4.69) is 74.7 Å². The predicted octanol–water partition coefficient (Wildman–Crippen LogP) is 3.45. The van der Waals surface area contributed by atoms with E-state index in [-0.39, 0.29) is 0 Å². The molecule has 0 radical (unpaired) electrons. The van der Waals surface area contributed by atoms with Gasteiger partial charge in [-0.3, -0.25) is 0 Å². The molecule has 0 unspecified atom stereocenters. The van der Waals surface area contributed by atoms with E-state index in [1.807, 2.05) is 0 Å². The van der Waals surface area contributed by atoms with Crippen molar-refractivity contribution < 1.29 is 0 Å². The molecular formula is C17H19BrN2. The Bertz CT molecular complexity index is 542. The van der Waals surface area contributed by atoms with Gasteiger partial charge in [-0.1, -0.05) is 40.2 Å². The summed E-state index contributed by atoms with van der Waals surface area (Å²) in [6, 6.07) is 17.6. The molecule has 2 nitrogen and oxygen atoms in total. The molecule has 0 atom stereocenters. The van der Waals surface area contributed by atoms with Crippen LogP contribution in [-0.4, -0.2) is 26.2 Å². The number of rotatable bonds is 3. The summed E-state index contributed by atoms with van der Waals surface area (Å²) in [7, 11) is 0. The van der Waals surface area contributed by atoms with Gasteiger partial charge in [-0.05, 0) is 41.8 Å². The van der Waals surface area contributed by atoms with Crippen molar-refractivity contribution >= 4 is 21.6 Å². The molecule has 1 aliphatic heterocycles. The molecule has 20 heavy (non-hydrogen) atoms. The van der Waals surface area contributed by atoms with E-state index < -0.39 is 0 Å². The fourth-order valence-electron chi connectivity index (χ4n) is 2.59. The van der Waals surface area contributed by atoms with Gasteiger partial charge in [0.2, 0.25) is 0 Å². The van der Waals surface area contributed by atoms with E-state index in [0.29, 0.717) is 0 Å². The van der Waals surface area contributed by atoms with Crippen LogP contribution in [0.5, 0.6) is 0 Å². The van der Waals surface area contributed by atoms with Crippen molar-refractivity contribution in [2.45, 2.75) is 6.42 Å². The zero-order chi connectivity index (χ0) is 13.8. The minimum atomic E-state index is 0.995. The van der Waals surface area contributed by atoms with Crippen LogP contribution in [0.3, 0.4) is 0 Å². The van der Waals surface area contributed by atoms with Crippen LogP contribution in [0.15, 0.2) is 53.0 Å². The quantitative estimate of drug-likeness (QED) is 0.927. The number of hydrogen-bond donors (Lipinski definition) is 1. The highest BCUT2D eigenvalue weighted by Gasteiger charge is 2.09. The van der Waals surface area contributed by atoms with Crippen LogP contribution in [-0.2, 0) is 6.42 Å². The summed E-state index contributed by atoms with van der Waals surface area (Å²) in [5.41, 5.74) is 4.06. The summed E-state index contributed by atoms with van der Waals surface area (Å²) in [4.78, 5) is 2.44. The van der Waals surface area contributed by atoms with Gasteiger partial charge in [-0.25, -0.2) is 0 Å². The Labute approximate surface area is 128 Å². The van der Waals surface area contributed by atoms with Crippen LogP contribution in [0.2, 0.25) is 0 Å². The Kier molecular flexibility index (Phi) is 4.38. The van der Waals surface area contributed by atoms with Gasteiger partial charge in [0.25, 0.3) is 0 Å². The third-order valence-electron chi connectivity index (χ3n) is 3.74. The van der Waals surface area contributed by atoms with E-state index in [0.717, 1.165) is 37.1 Å². The summed E-state index contributed by atoms with van der Waals surface area (Å²) in [5.74, 6) is 0. The highest BCUT2D eigenvalue weighted by Crippen LogP contribution is 2.18. The second kappa shape index (κ2) is 6.42. The molecule has 0 aromatic heterocycles. The molecule has 1 fully saturated rings. The van der Waals surface area contributed by atoms with Crippen molar-refractivity contribution in [3.63, 3.8) is 0 Å². The number of halogens is 1. The van der Waals surface area contributed by atoms with E-state index >= 15 is 0 Å². The van der Waals surface area contributed by atoms with Crippen molar-refractivity contribution in [1.29, 1.82) is 0 Å². The number of benzene rings is 2. The summed E-state index contributed by atoms with van der Waals surface area (Å²) in [6.07, 6.45) is 0.995. The molecule has 0 amide bonds. The SMILES string of the molecule is Brc1ccc(Cc2ccc(N3CCNCC3)cc2)cc1. The van der Waals surface area contributed by atoms with Crippen LogP contribution >= 0.6 is 15.9 Å². The predicted molar refractivity (Wildman–Crippen MR) is 88.5 cm³/mol. The van der Waals surface area contributed by atoms with Crippen LogP contribution < -0.4 is 10.2 Å². The Morgan fingerprint density at radius 2 is 1.40 bits per heavy atom. The molecule has 1 saturated heterocycles. The van der Waals surface area contributed by atoms with E-state index in [1.165, 1.54) is 16.8 Å². The Hall–Kier alpha value is -1.32. The van der Waals surface area contributed by atoms with E-state index in [4.69, 9.17) is 0 Å².